The second kappa shape index (κ2) is 22.0. The van der Waals surface area contributed by atoms with Crippen LogP contribution in [0.15, 0.2) is 30.5 Å². The maximum Gasteiger partial charge on any atom is 0.310 e. The lowest BCUT2D eigenvalue weighted by atomic mass is 9.27. The molecule has 0 radical (unpaired) electrons. The van der Waals surface area contributed by atoms with Crippen molar-refractivity contribution in [1.82, 2.24) is 25.3 Å². The summed E-state index contributed by atoms with van der Waals surface area (Å²) in [4.78, 5) is 45.4. The zero-order valence-corrected chi connectivity index (χ0v) is 48.1. The maximum atomic E-state index is 15.2. The minimum Gasteiger partial charge on any atom is -0.481 e. The van der Waals surface area contributed by atoms with Crippen LogP contribution in [0.25, 0.3) is 0 Å². The number of rotatable bonds is 17. The molecule has 5 heterocycles. The summed E-state index contributed by atoms with van der Waals surface area (Å²) in [5, 5.41) is 135. The minimum absolute atomic E-state index is 0.0229. The van der Waals surface area contributed by atoms with Crippen molar-refractivity contribution in [2.75, 3.05) is 44.9 Å². The van der Waals surface area contributed by atoms with E-state index in [1.165, 1.54) is 12.5 Å². The van der Waals surface area contributed by atoms with Gasteiger partial charge in [0.05, 0.1) is 67.3 Å². The van der Waals surface area contributed by atoms with Crippen LogP contribution in [0.5, 0.6) is 0 Å². The first-order chi connectivity index (χ1) is 39.0. The van der Waals surface area contributed by atoms with E-state index in [9.17, 15) is 61.0 Å². The van der Waals surface area contributed by atoms with E-state index in [2.05, 4.69) is 52.4 Å². The van der Waals surface area contributed by atoms with Gasteiger partial charge in [-0.1, -0.05) is 52.2 Å². The van der Waals surface area contributed by atoms with Crippen molar-refractivity contribution in [3.63, 3.8) is 0 Å². The van der Waals surface area contributed by atoms with E-state index in [-0.39, 0.29) is 63.3 Å². The Balaban J connectivity index is 1.16. The molecule has 2 saturated heterocycles. The number of imidazole rings is 2. The number of nitrogens with one attached hydrogen (secondary N) is 4. The fraction of sp³-hybridized carbons (Fsp3) is 0.833. The fourth-order valence-corrected chi connectivity index (χ4v) is 21.0. The van der Waals surface area contributed by atoms with Crippen molar-refractivity contribution in [3.05, 3.63) is 41.9 Å². The molecule has 9 aliphatic rings. The van der Waals surface area contributed by atoms with Gasteiger partial charge in [-0.05, 0) is 146 Å². The quantitative estimate of drug-likeness (QED) is 0.0608. The summed E-state index contributed by atoms with van der Waals surface area (Å²) in [6, 6.07) is -0.993. The molecule has 22 nitrogen and oxygen atoms in total. The van der Waals surface area contributed by atoms with Gasteiger partial charge in [0, 0.05) is 55.4 Å². The van der Waals surface area contributed by atoms with E-state index in [4.69, 9.17) is 20.2 Å². The Morgan fingerprint density at radius 1 is 0.902 bits per heavy atom. The number of hydrogen-bond donors (Lipinski definition) is 16. The summed E-state index contributed by atoms with van der Waals surface area (Å²) >= 11 is 0. The van der Waals surface area contributed by atoms with Crippen LogP contribution in [0.4, 0.5) is 5.82 Å². The predicted molar refractivity (Wildman–Crippen MR) is 295 cm³/mol. The molecule has 11 rings (SSSR count). The van der Waals surface area contributed by atoms with Gasteiger partial charge in [-0.3, -0.25) is 9.59 Å². The second-order valence-electron chi connectivity index (χ2n) is 28.2. The number of aliphatic carboxylic acids is 1. The highest BCUT2D eigenvalue weighted by atomic mass is 16.7. The standard InChI is InChI=1S/C60H93N7O15/c1-54(25-69)15-16-59(53(79)80)35(21-54)31-10-11-42-56(3,57(31,4)32-19-37-50(66-29-65-37)63-22-36(32)59)14-12-41-55(2,26-70)49(82-51-48(77)47(76)40(73)24-81-51)46(75)34(60(41,42)30-8-5-6-9-30)18-33-45(67-52(78)58(33,27-71)13-7-17-68)44(38-23-62-28-64-38)39(72)20-43(61)74/h10,23,28-30,32-36,39-49,51,63,68-77H,5-9,11-22,24-27,61H2,1-4H3,(H,62,64)(H,65,66)(H,67,78)(H,79,80)/t32-,33+,34-,35+,36+,39-,40-,41-,42+,43+,44+,45-,46-,47+,48-,49-,51+,54+,55+,56-,57+,58+,59-,60+/m1/s1. The lowest BCUT2D eigenvalue weighted by Gasteiger charge is -2.77. The van der Waals surface area contributed by atoms with Gasteiger partial charge in [0.25, 0.3) is 0 Å². The molecule has 2 aromatic heterocycles. The Morgan fingerprint density at radius 3 is 2.32 bits per heavy atom. The highest BCUT2D eigenvalue weighted by molar-refractivity contribution is 5.86. The molecule has 1 amide bonds. The van der Waals surface area contributed by atoms with Gasteiger partial charge in [0.2, 0.25) is 5.91 Å². The lowest BCUT2D eigenvalue weighted by Crippen LogP contribution is -2.76. The number of carbonyl (C=O) groups excluding carboxylic acids is 1. The van der Waals surface area contributed by atoms with E-state index in [1.54, 1.807) is 6.33 Å². The van der Waals surface area contributed by atoms with E-state index in [0.29, 0.717) is 63.0 Å². The third-order valence-corrected chi connectivity index (χ3v) is 25.0. The molecule has 0 bridgehead atoms. The summed E-state index contributed by atoms with van der Waals surface area (Å²) in [6.45, 7) is 7.17. The number of ether oxygens (including phenoxy) is 2. The molecule has 22 heteroatoms. The number of H-pyrrole nitrogens is 2. The summed E-state index contributed by atoms with van der Waals surface area (Å²) in [5.41, 5.74) is 1.42. The number of nitrogens with zero attached hydrogens (tertiary/aromatic N) is 2. The number of anilines is 1. The normalized spacial score (nSPS) is 46.5. The number of nitrogens with two attached hydrogens (primary N) is 1. The number of carbonyl (C=O) groups is 2. The van der Waals surface area contributed by atoms with Gasteiger partial charge in [0.15, 0.2) is 6.29 Å². The molecule has 6 aliphatic carbocycles. The molecule has 5 saturated carbocycles. The molecule has 17 N–H and O–H groups in total. The highest BCUT2D eigenvalue weighted by Crippen LogP contribution is 2.81. The Kier molecular flexibility index (Phi) is 16.1. The number of carboxylic acids is 1. The SMILES string of the molecule is C[C@]1(CO)CC[C@@]2(C(=O)O)[C@@H](C1)C1=CC[C@@H]3[C@@]4(C5CCCC5)[C@H](C[C@H]5[C@H]([C@@H](c6cnc[nH]6)[C@H](O)C[C@@H](N)O)NC(=O)[C@]5(CO)CCCO)[C@@H](O)[C@@H](O[C@@H]5OC[C@@H](O)[C@H](O)[C@H]5O)[C@@](C)(CO)[C@H]4CC[C@@]3(C)[C@]1(C)[C@@H]1Cc3[nH]cnc3NC[C@@H]12. The van der Waals surface area contributed by atoms with Crippen LogP contribution in [0.1, 0.15) is 135 Å². The summed E-state index contributed by atoms with van der Waals surface area (Å²) in [6.07, 6.45) is 1.59. The van der Waals surface area contributed by atoms with Gasteiger partial charge in [0.1, 0.15) is 30.4 Å². The van der Waals surface area contributed by atoms with Crippen LogP contribution in [-0.4, -0.2) is 183 Å². The van der Waals surface area contributed by atoms with E-state index in [1.807, 2.05) is 6.92 Å². The van der Waals surface area contributed by atoms with Gasteiger partial charge < -0.3 is 92.0 Å². The topological polar surface area (TPSA) is 383 Å². The number of aliphatic hydroxyl groups is 10. The van der Waals surface area contributed by atoms with Crippen molar-refractivity contribution in [3.8, 4) is 0 Å². The molecule has 24 atom stereocenters. The van der Waals surface area contributed by atoms with Gasteiger partial charge in [-0.25, -0.2) is 9.97 Å². The molecule has 0 spiro atoms. The van der Waals surface area contributed by atoms with Gasteiger partial charge >= 0.3 is 5.97 Å². The van der Waals surface area contributed by atoms with Gasteiger partial charge in [-0.2, -0.15) is 0 Å². The molecular formula is C60H93N7O15. The monoisotopic (exact) mass is 1150 g/mol. The largest absolute Gasteiger partial charge is 0.481 e. The average molecular weight is 1150 g/mol. The van der Waals surface area contributed by atoms with Crippen LogP contribution < -0.4 is 16.4 Å². The van der Waals surface area contributed by atoms with Gasteiger partial charge in [-0.15, -0.1) is 0 Å². The molecule has 82 heavy (non-hydrogen) atoms. The van der Waals surface area contributed by atoms with Crippen LogP contribution >= 0.6 is 0 Å². The van der Waals surface area contributed by atoms with Crippen molar-refractivity contribution >= 4 is 17.7 Å². The summed E-state index contributed by atoms with van der Waals surface area (Å²) < 4.78 is 12.9. The number of amides is 1. The Hall–Kier alpha value is -3.62. The van der Waals surface area contributed by atoms with Crippen molar-refractivity contribution in [2.24, 2.45) is 91.0 Å². The predicted octanol–water partition coefficient (Wildman–Crippen LogP) is 1.64. The summed E-state index contributed by atoms with van der Waals surface area (Å²) in [5.74, 6) is -5.39. The number of allylic oxidation sites excluding steroid dienone is 2. The third-order valence-electron chi connectivity index (χ3n) is 25.0. The van der Waals surface area contributed by atoms with E-state index in [0.717, 1.165) is 37.0 Å². The maximum absolute atomic E-state index is 15.2. The zero-order chi connectivity index (χ0) is 58.7. The number of carboxylic acid groups (broad SMARTS) is 1. The number of aliphatic hydroxyl groups excluding tert-OH is 10. The van der Waals surface area contributed by atoms with E-state index >= 15 is 4.79 Å². The first kappa shape index (κ1) is 60.1. The minimum atomic E-state index is -1.75. The Bertz CT molecular complexity index is 2660. The van der Waals surface area contributed by atoms with Crippen LogP contribution in [-0.2, 0) is 25.5 Å². The molecule has 3 aliphatic heterocycles. The first-order valence-electron chi connectivity index (χ1n) is 30.6. The third kappa shape index (κ3) is 8.62. The molecule has 0 aromatic carbocycles. The Morgan fingerprint density at radius 2 is 1.66 bits per heavy atom. The Labute approximate surface area is 479 Å². The van der Waals surface area contributed by atoms with Crippen molar-refractivity contribution < 1.29 is 75.2 Å². The van der Waals surface area contributed by atoms with Crippen LogP contribution in [0, 0.1) is 85.2 Å². The number of aromatic nitrogens is 4. The van der Waals surface area contributed by atoms with Crippen molar-refractivity contribution in [2.45, 2.75) is 185 Å². The number of fused-ring (bicyclic) bond motifs is 11. The number of aromatic amines is 2. The number of hydrogen-bond acceptors (Lipinski definition) is 18. The fourth-order valence-electron chi connectivity index (χ4n) is 21.0. The molecule has 2 aromatic rings. The molecule has 458 valence electrons. The smallest absolute Gasteiger partial charge is 0.310 e. The average Bonchev–Trinajstić information content (AvgIpc) is 1.28. The molecule has 7 fully saturated rings. The first-order valence-corrected chi connectivity index (χ1v) is 30.6. The lowest BCUT2D eigenvalue weighted by molar-refractivity contribution is -0.350. The van der Waals surface area contributed by atoms with Crippen LogP contribution in [0.2, 0.25) is 0 Å². The van der Waals surface area contributed by atoms with Crippen molar-refractivity contribution in [1.29, 1.82) is 0 Å². The molecular weight excluding hydrogens is 1060 g/mol. The summed E-state index contributed by atoms with van der Waals surface area (Å²) in [7, 11) is 0. The molecule has 0 unspecified atom stereocenters. The highest BCUT2D eigenvalue weighted by Gasteiger charge is 2.79. The van der Waals surface area contributed by atoms with E-state index < -0.39 is 154 Å². The second-order valence-corrected chi connectivity index (χ2v) is 28.2. The van der Waals surface area contributed by atoms with Crippen LogP contribution in [0.3, 0.4) is 0 Å². The zero-order valence-electron chi connectivity index (χ0n) is 48.1.